The van der Waals surface area contributed by atoms with Gasteiger partial charge in [-0.1, -0.05) is 170 Å². The highest BCUT2D eigenvalue weighted by molar-refractivity contribution is 7.27. The summed E-state index contributed by atoms with van der Waals surface area (Å²) < 4.78 is 2.70. The van der Waals surface area contributed by atoms with Crippen molar-refractivity contribution in [3.63, 3.8) is 0 Å². The number of thiophene rings is 1. The standard InChI is InChI=1S/C50H30S/c1-2-14-31(15-3-1)47-39-21-9-11-23-41(39)48(42-24-12-10-22-40(42)47)43-28-27-33(34-16-4-5-17-35(34)43)32-26-29-46-45(30-32)49-38-20-8-6-18-36(38)37-19-7-13-25-44(37)50(49)51-46/h1-30H. The average molecular weight is 663 g/mol. The fraction of sp³-hybridized carbons (Fsp3) is 0. The lowest BCUT2D eigenvalue weighted by molar-refractivity contribution is 1.66. The summed E-state index contributed by atoms with van der Waals surface area (Å²) >= 11 is 1.91. The van der Waals surface area contributed by atoms with Crippen LogP contribution in [0.5, 0.6) is 0 Å². The van der Waals surface area contributed by atoms with Gasteiger partial charge in [0.15, 0.2) is 0 Å². The van der Waals surface area contributed by atoms with Crippen LogP contribution >= 0.6 is 11.3 Å². The first-order chi connectivity index (χ1) is 25.3. The summed E-state index contributed by atoms with van der Waals surface area (Å²) in [4.78, 5) is 0. The summed E-state index contributed by atoms with van der Waals surface area (Å²) in [6.07, 6.45) is 0. The van der Waals surface area contributed by atoms with Crippen LogP contribution < -0.4 is 0 Å². The molecule has 11 aromatic rings. The van der Waals surface area contributed by atoms with E-state index in [1.807, 2.05) is 11.3 Å². The number of benzene rings is 10. The summed E-state index contributed by atoms with van der Waals surface area (Å²) in [5.74, 6) is 0. The van der Waals surface area contributed by atoms with Crippen LogP contribution in [-0.4, -0.2) is 0 Å². The van der Waals surface area contributed by atoms with Gasteiger partial charge >= 0.3 is 0 Å². The van der Waals surface area contributed by atoms with E-state index in [1.165, 1.54) is 107 Å². The quantitative estimate of drug-likeness (QED) is 0.130. The van der Waals surface area contributed by atoms with Crippen molar-refractivity contribution in [2.45, 2.75) is 0 Å². The van der Waals surface area contributed by atoms with E-state index in [0.29, 0.717) is 0 Å². The first kappa shape index (κ1) is 28.5. The molecule has 1 aromatic heterocycles. The summed E-state index contributed by atoms with van der Waals surface area (Å²) in [5.41, 5.74) is 7.60. The van der Waals surface area contributed by atoms with Crippen molar-refractivity contribution in [1.29, 1.82) is 0 Å². The Morgan fingerprint density at radius 3 is 1.39 bits per heavy atom. The van der Waals surface area contributed by atoms with E-state index < -0.39 is 0 Å². The van der Waals surface area contributed by atoms with Crippen LogP contribution in [0.3, 0.4) is 0 Å². The van der Waals surface area contributed by atoms with E-state index >= 15 is 0 Å². The van der Waals surface area contributed by atoms with Crippen LogP contribution in [0, 0.1) is 0 Å². The number of rotatable bonds is 3. The molecule has 0 radical (unpaired) electrons. The van der Waals surface area contributed by atoms with Gasteiger partial charge in [0.05, 0.1) is 0 Å². The summed E-state index contributed by atoms with van der Waals surface area (Å²) in [5, 5.41) is 15.6. The monoisotopic (exact) mass is 662 g/mol. The summed E-state index contributed by atoms with van der Waals surface area (Å²) in [7, 11) is 0. The first-order valence-electron chi connectivity index (χ1n) is 17.6. The van der Waals surface area contributed by atoms with Gasteiger partial charge < -0.3 is 0 Å². The Labute approximate surface area is 299 Å². The fourth-order valence-electron chi connectivity index (χ4n) is 8.68. The second-order valence-corrected chi connectivity index (χ2v) is 14.6. The highest BCUT2D eigenvalue weighted by Gasteiger charge is 2.20. The zero-order chi connectivity index (χ0) is 33.5. The largest absolute Gasteiger partial charge is 0.135 e. The van der Waals surface area contributed by atoms with Gasteiger partial charge in [-0.25, -0.2) is 0 Å². The third-order valence-corrected chi connectivity index (χ3v) is 12.0. The molecular weight excluding hydrogens is 633 g/mol. The molecule has 1 heteroatoms. The van der Waals surface area contributed by atoms with Crippen LogP contribution in [0.15, 0.2) is 182 Å². The number of hydrogen-bond donors (Lipinski definition) is 0. The van der Waals surface area contributed by atoms with Crippen molar-refractivity contribution in [3.05, 3.63) is 182 Å². The second-order valence-electron chi connectivity index (χ2n) is 13.5. The Hall–Kier alpha value is -6.28. The molecular formula is C50H30S. The minimum Gasteiger partial charge on any atom is -0.135 e. The summed E-state index contributed by atoms with van der Waals surface area (Å²) in [6.45, 7) is 0. The van der Waals surface area contributed by atoms with E-state index in [0.717, 1.165) is 0 Å². The van der Waals surface area contributed by atoms with Gasteiger partial charge in [-0.3, -0.25) is 0 Å². The zero-order valence-corrected chi connectivity index (χ0v) is 28.5. The van der Waals surface area contributed by atoms with Crippen molar-refractivity contribution >= 4 is 85.4 Å². The molecule has 11 rings (SSSR count). The average Bonchev–Trinajstić information content (AvgIpc) is 3.59. The third kappa shape index (κ3) is 4.19. The molecule has 10 aromatic carbocycles. The maximum Gasteiger partial charge on any atom is 0.0440 e. The highest BCUT2D eigenvalue weighted by Crippen LogP contribution is 2.48. The molecule has 0 unspecified atom stereocenters. The molecule has 0 fully saturated rings. The molecule has 0 saturated carbocycles. The lowest BCUT2D eigenvalue weighted by Crippen LogP contribution is -1.92. The van der Waals surface area contributed by atoms with E-state index in [9.17, 15) is 0 Å². The van der Waals surface area contributed by atoms with Crippen LogP contribution in [-0.2, 0) is 0 Å². The smallest absolute Gasteiger partial charge is 0.0440 e. The second kappa shape index (κ2) is 11.1. The van der Waals surface area contributed by atoms with Gasteiger partial charge in [-0.2, -0.15) is 0 Å². The topological polar surface area (TPSA) is 0 Å². The fourth-order valence-corrected chi connectivity index (χ4v) is 9.91. The first-order valence-corrected chi connectivity index (χ1v) is 18.4. The Balaban J connectivity index is 1.18. The van der Waals surface area contributed by atoms with Crippen LogP contribution in [0.1, 0.15) is 0 Å². The minimum absolute atomic E-state index is 1.24. The lowest BCUT2D eigenvalue weighted by Gasteiger charge is -2.19. The van der Waals surface area contributed by atoms with Gasteiger partial charge in [0.1, 0.15) is 0 Å². The van der Waals surface area contributed by atoms with Gasteiger partial charge in [0, 0.05) is 25.6 Å². The normalized spacial score (nSPS) is 11.9. The minimum atomic E-state index is 1.24. The molecule has 236 valence electrons. The molecule has 0 aliphatic heterocycles. The number of hydrogen-bond acceptors (Lipinski definition) is 1. The van der Waals surface area contributed by atoms with E-state index in [1.54, 1.807) is 0 Å². The van der Waals surface area contributed by atoms with Crippen molar-refractivity contribution < 1.29 is 0 Å². The van der Waals surface area contributed by atoms with Crippen molar-refractivity contribution in [2.75, 3.05) is 0 Å². The van der Waals surface area contributed by atoms with E-state index in [-0.39, 0.29) is 0 Å². The number of fused-ring (bicyclic) bond motifs is 11. The molecule has 0 bridgehead atoms. The Bertz CT molecular complexity index is 3130. The van der Waals surface area contributed by atoms with Crippen LogP contribution in [0.2, 0.25) is 0 Å². The van der Waals surface area contributed by atoms with Gasteiger partial charge in [-0.15, -0.1) is 11.3 Å². The van der Waals surface area contributed by atoms with E-state index in [4.69, 9.17) is 0 Å². The van der Waals surface area contributed by atoms with Crippen LogP contribution in [0.25, 0.3) is 107 Å². The molecule has 0 N–H and O–H groups in total. The maximum absolute atomic E-state index is 2.44. The predicted octanol–water partition coefficient (Wildman–Crippen LogP) is 14.8. The van der Waals surface area contributed by atoms with E-state index in [2.05, 4.69) is 182 Å². The van der Waals surface area contributed by atoms with Crippen molar-refractivity contribution in [3.8, 4) is 33.4 Å². The third-order valence-electron chi connectivity index (χ3n) is 10.8. The molecule has 0 nitrogen and oxygen atoms in total. The molecule has 51 heavy (non-hydrogen) atoms. The highest BCUT2D eigenvalue weighted by atomic mass is 32.1. The molecule has 0 amide bonds. The van der Waals surface area contributed by atoms with Crippen molar-refractivity contribution in [2.24, 2.45) is 0 Å². The zero-order valence-electron chi connectivity index (χ0n) is 27.7. The Morgan fingerprint density at radius 2 is 0.745 bits per heavy atom. The molecule has 0 atom stereocenters. The summed E-state index contributed by atoms with van der Waals surface area (Å²) in [6, 6.07) is 67.3. The predicted molar refractivity (Wildman–Crippen MR) is 223 cm³/mol. The van der Waals surface area contributed by atoms with Gasteiger partial charge in [0.25, 0.3) is 0 Å². The lowest BCUT2D eigenvalue weighted by atomic mass is 9.84. The molecule has 0 aliphatic rings. The maximum atomic E-state index is 2.44. The van der Waals surface area contributed by atoms with Gasteiger partial charge in [0.2, 0.25) is 0 Å². The SMILES string of the molecule is c1ccc(-c2c3ccccc3c(-c3ccc(-c4ccc5sc6c7ccccc7c7ccccc7c6c5c4)c4ccccc34)c3ccccc23)cc1. The Morgan fingerprint density at radius 1 is 0.275 bits per heavy atom. The van der Waals surface area contributed by atoms with Crippen LogP contribution in [0.4, 0.5) is 0 Å². The molecule has 0 aliphatic carbocycles. The molecule has 1 heterocycles. The molecule has 0 saturated heterocycles. The van der Waals surface area contributed by atoms with Crippen molar-refractivity contribution in [1.82, 2.24) is 0 Å². The Kier molecular flexibility index (Phi) is 6.22. The molecule has 0 spiro atoms. The van der Waals surface area contributed by atoms with Gasteiger partial charge in [-0.05, 0) is 94.0 Å².